The summed E-state index contributed by atoms with van der Waals surface area (Å²) in [7, 11) is 1.39. The summed E-state index contributed by atoms with van der Waals surface area (Å²) in [6.45, 7) is 15.9. The maximum absolute atomic E-state index is 13.4. The second-order valence-corrected chi connectivity index (χ2v) is 13.9. The fourth-order valence-corrected chi connectivity index (χ4v) is 6.44. The highest BCUT2D eigenvalue weighted by atomic mass is 16.6. The molecule has 0 spiro atoms. The van der Waals surface area contributed by atoms with Crippen LogP contribution in [-0.2, 0) is 19.0 Å². The smallest absolute Gasteiger partial charge is 0.339 e. The number of ether oxygens (including phenoxy) is 4. The Hall–Kier alpha value is -4.21. The van der Waals surface area contributed by atoms with Crippen LogP contribution in [0.3, 0.4) is 0 Å². The van der Waals surface area contributed by atoms with E-state index in [1.54, 1.807) is 0 Å². The van der Waals surface area contributed by atoms with E-state index in [0.717, 1.165) is 52.4 Å². The fraction of sp³-hybridized carbons (Fsp3) is 0.447. The third-order valence-electron chi connectivity index (χ3n) is 8.93. The molecule has 9 heteroatoms. The van der Waals surface area contributed by atoms with E-state index >= 15 is 0 Å². The van der Waals surface area contributed by atoms with Crippen LogP contribution >= 0.6 is 0 Å². The minimum absolute atomic E-state index is 0.138. The molecular weight excluding hydrogens is 592 g/mol. The van der Waals surface area contributed by atoms with Crippen molar-refractivity contribution in [1.82, 2.24) is 14.6 Å². The zero-order valence-corrected chi connectivity index (χ0v) is 28.8. The van der Waals surface area contributed by atoms with Crippen molar-refractivity contribution in [1.29, 1.82) is 0 Å². The van der Waals surface area contributed by atoms with Gasteiger partial charge in [0.2, 0.25) is 0 Å². The van der Waals surface area contributed by atoms with Crippen molar-refractivity contribution >= 4 is 17.4 Å². The molecule has 0 aliphatic carbocycles. The molecule has 6 bridgehead atoms. The molecular formula is C38H46N4O5. The number of aryl methyl sites for hydroxylation is 2. The molecule has 5 heterocycles. The third kappa shape index (κ3) is 6.92. The molecule has 0 saturated carbocycles. The van der Waals surface area contributed by atoms with Gasteiger partial charge in [0.1, 0.15) is 17.7 Å². The van der Waals surface area contributed by atoms with E-state index in [0.29, 0.717) is 36.6 Å². The number of fused-ring (bicyclic) bond motifs is 6. The predicted molar refractivity (Wildman–Crippen MR) is 184 cm³/mol. The Morgan fingerprint density at radius 3 is 2.53 bits per heavy atom. The molecule has 2 atom stereocenters. The van der Waals surface area contributed by atoms with Gasteiger partial charge in [-0.2, -0.15) is 9.61 Å². The van der Waals surface area contributed by atoms with Gasteiger partial charge in [-0.3, -0.25) is 0 Å². The van der Waals surface area contributed by atoms with E-state index < -0.39 is 17.7 Å². The molecule has 0 N–H and O–H groups in total. The highest BCUT2D eigenvalue weighted by Gasteiger charge is 2.38. The minimum atomic E-state index is -0.985. The van der Waals surface area contributed by atoms with Crippen molar-refractivity contribution in [3.63, 3.8) is 0 Å². The number of esters is 1. The normalized spacial score (nSPS) is 20.7. The van der Waals surface area contributed by atoms with E-state index in [4.69, 9.17) is 29.0 Å². The molecule has 3 aliphatic rings. The van der Waals surface area contributed by atoms with Gasteiger partial charge in [-0.1, -0.05) is 35.9 Å². The van der Waals surface area contributed by atoms with Crippen molar-refractivity contribution in [2.45, 2.75) is 84.7 Å². The number of nitrogens with zero attached hydrogens (tertiary/aromatic N) is 4. The van der Waals surface area contributed by atoms with Gasteiger partial charge < -0.3 is 23.8 Å². The van der Waals surface area contributed by atoms with Gasteiger partial charge in [-0.25, -0.2) is 9.78 Å². The molecule has 9 nitrogen and oxygen atoms in total. The van der Waals surface area contributed by atoms with Gasteiger partial charge in [0, 0.05) is 36.0 Å². The van der Waals surface area contributed by atoms with E-state index in [9.17, 15) is 4.79 Å². The summed E-state index contributed by atoms with van der Waals surface area (Å²) < 4.78 is 26.5. The number of aromatic nitrogens is 3. The van der Waals surface area contributed by atoms with Crippen LogP contribution in [0.5, 0.6) is 5.75 Å². The van der Waals surface area contributed by atoms with Gasteiger partial charge in [0.05, 0.1) is 36.2 Å². The number of piperidine rings is 1. The standard InChI is InChI=1S/C38H46N4O5/c1-24-14-15-31-29(21-24)27-12-9-13-28(22-27)30-23-32-39-26(3)33(34(36(43)44-8)47-37(4,5)6)35(42(32)40-30)41-18-16-38(7,17-19-41)45-20-10-11-25(2)46-31/h9-15,21-23,25,34H,16-20H2,1-8H3/t25?,34-/m0/s1. The first-order chi connectivity index (χ1) is 22.3. The Kier molecular flexibility index (Phi) is 8.89. The topological polar surface area (TPSA) is 87.4 Å². The van der Waals surface area contributed by atoms with Crippen LogP contribution in [0.25, 0.3) is 28.0 Å². The van der Waals surface area contributed by atoms with Gasteiger partial charge in [0.15, 0.2) is 11.8 Å². The minimum Gasteiger partial charge on any atom is -0.486 e. The summed E-state index contributed by atoms with van der Waals surface area (Å²) in [5.41, 5.74) is 6.04. The lowest BCUT2D eigenvalue weighted by molar-refractivity contribution is -0.164. The predicted octanol–water partition coefficient (Wildman–Crippen LogP) is 7.42. The van der Waals surface area contributed by atoms with Crippen molar-refractivity contribution in [2.24, 2.45) is 0 Å². The van der Waals surface area contributed by atoms with Crippen molar-refractivity contribution < 1.29 is 23.7 Å². The third-order valence-corrected chi connectivity index (χ3v) is 8.93. The average Bonchev–Trinajstić information content (AvgIpc) is 3.45. The van der Waals surface area contributed by atoms with Crippen LogP contribution in [0.2, 0.25) is 0 Å². The van der Waals surface area contributed by atoms with Gasteiger partial charge >= 0.3 is 5.97 Å². The largest absolute Gasteiger partial charge is 0.486 e. The molecule has 1 fully saturated rings. The first-order valence-electron chi connectivity index (χ1n) is 16.4. The summed E-state index contributed by atoms with van der Waals surface area (Å²) in [6.07, 6.45) is 4.57. The Morgan fingerprint density at radius 2 is 1.81 bits per heavy atom. The SMILES string of the molecule is COC(=O)[C@@H](OC(C)(C)C)c1c(C)nc2cc3nn2c1N1CCC(C)(CC1)OCC=CC(C)Oc1ccc(C)cc1-c1cccc-3c1. The van der Waals surface area contributed by atoms with Gasteiger partial charge in [-0.15, -0.1) is 0 Å². The maximum Gasteiger partial charge on any atom is 0.339 e. The average molecular weight is 639 g/mol. The Bertz CT molecular complexity index is 1810. The number of rotatable bonds is 3. The number of carbonyl (C=O) groups excluding carboxylic acids is 1. The van der Waals surface area contributed by atoms with E-state index in [1.165, 1.54) is 7.11 Å². The zero-order valence-electron chi connectivity index (χ0n) is 28.8. The number of benzene rings is 2. The highest BCUT2D eigenvalue weighted by molar-refractivity contribution is 5.81. The van der Waals surface area contributed by atoms with Crippen molar-refractivity contribution in [3.05, 3.63) is 77.5 Å². The Morgan fingerprint density at radius 1 is 1.06 bits per heavy atom. The lowest BCUT2D eigenvalue weighted by Crippen LogP contribution is -2.45. The monoisotopic (exact) mass is 638 g/mol. The fourth-order valence-electron chi connectivity index (χ4n) is 6.44. The lowest BCUT2D eigenvalue weighted by Gasteiger charge is -2.41. The summed E-state index contributed by atoms with van der Waals surface area (Å²) >= 11 is 0. The van der Waals surface area contributed by atoms with E-state index in [-0.39, 0.29) is 11.7 Å². The molecule has 47 heavy (non-hydrogen) atoms. The quantitative estimate of drug-likeness (QED) is 0.169. The van der Waals surface area contributed by atoms with Crippen LogP contribution in [-0.4, -0.2) is 64.7 Å². The summed E-state index contributed by atoms with van der Waals surface area (Å²) in [5, 5.41) is 5.16. The van der Waals surface area contributed by atoms with Gasteiger partial charge in [0.25, 0.3) is 0 Å². The molecule has 1 unspecified atom stereocenters. The number of anilines is 1. The highest BCUT2D eigenvalue weighted by Crippen LogP contribution is 2.39. The lowest BCUT2D eigenvalue weighted by atomic mass is 9.92. The Labute approximate surface area is 277 Å². The van der Waals surface area contributed by atoms with Crippen LogP contribution in [0, 0.1) is 13.8 Å². The molecule has 2 aromatic heterocycles. The molecule has 1 saturated heterocycles. The maximum atomic E-state index is 13.4. The molecule has 4 aromatic rings. The van der Waals surface area contributed by atoms with Crippen LogP contribution in [0.4, 0.5) is 5.82 Å². The number of hydrogen-bond acceptors (Lipinski definition) is 8. The molecule has 248 valence electrons. The first-order valence-corrected chi connectivity index (χ1v) is 16.4. The Balaban J connectivity index is 1.57. The van der Waals surface area contributed by atoms with E-state index in [2.05, 4.69) is 61.2 Å². The molecule has 0 radical (unpaired) electrons. The number of methoxy groups -OCH3 is 1. The first kappa shape index (κ1) is 32.7. The molecule has 0 amide bonds. The summed E-state index contributed by atoms with van der Waals surface area (Å²) in [4.78, 5) is 20.7. The second-order valence-electron chi connectivity index (χ2n) is 13.9. The van der Waals surface area contributed by atoms with Crippen LogP contribution in [0.1, 0.15) is 70.4 Å². The second kappa shape index (κ2) is 12.8. The molecule has 7 rings (SSSR count). The van der Waals surface area contributed by atoms with Crippen molar-refractivity contribution in [2.75, 3.05) is 31.7 Å². The molecule has 3 aliphatic heterocycles. The van der Waals surface area contributed by atoms with Gasteiger partial charge in [-0.05, 0) is 91.1 Å². The van der Waals surface area contributed by atoms with Crippen LogP contribution in [0.15, 0.2) is 60.7 Å². The zero-order chi connectivity index (χ0) is 33.5. The molecule has 2 aromatic carbocycles. The summed E-state index contributed by atoms with van der Waals surface area (Å²) in [5.74, 6) is 1.13. The van der Waals surface area contributed by atoms with E-state index in [1.807, 2.05) is 57.3 Å². The van der Waals surface area contributed by atoms with Crippen molar-refractivity contribution in [3.8, 4) is 28.1 Å². The number of carbonyl (C=O) groups is 1. The van der Waals surface area contributed by atoms with Crippen LogP contribution < -0.4 is 9.64 Å². The number of hydrogen-bond donors (Lipinski definition) is 0. The summed E-state index contributed by atoms with van der Waals surface area (Å²) in [6, 6.07) is 16.6.